The Hall–Kier alpha value is -2.41. The number of aromatic nitrogens is 2. The fourth-order valence-corrected chi connectivity index (χ4v) is 2.21. The molecule has 0 spiro atoms. The van der Waals surface area contributed by atoms with Crippen LogP contribution in [0.25, 0.3) is 0 Å². The van der Waals surface area contributed by atoms with Gasteiger partial charge in [-0.2, -0.15) is 4.98 Å². The smallest absolute Gasteiger partial charge is 0.234 e. The number of likely N-dealkylation sites (N-methyl/N-ethyl adjacent to an activating group) is 1. The number of methoxy groups -OCH3 is 1. The van der Waals surface area contributed by atoms with Crippen LogP contribution in [0.2, 0.25) is 0 Å². The van der Waals surface area contributed by atoms with Crippen molar-refractivity contribution in [1.82, 2.24) is 20.4 Å². The molecule has 0 atom stereocenters. The molecule has 0 aliphatic rings. The SMILES string of the molecule is COc1ccccc1CNC(=O)CN(C)Cc1noc(C(C)C)n1. The predicted molar refractivity (Wildman–Crippen MR) is 89.6 cm³/mol. The Bertz CT molecular complexity index is 669. The number of hydrogen-bond acceptors (Lipinski definition) is 6. The molecule has 2 rings (SSSR count). The molecule has 1 N–H and O–H groups in total. The van der Waals surface area contributed by atoms with Gasteiger partial charge in [0.05, 0.1) is 20.2 Å². The first kappa shape index (κ1) is 17.9. The van der Waals surface area contributed by atoms with E-state index >= 15 is 0 Å². The Labute approximate surface area is 142 Å². The van der Waals surface area contributed by atoms with Crippen LogP contribution in [0.1, 0.15) is 37.0 Å². The minimum absolute atomic E-state index is 0.0732. The van der Waals surface area contributed by atoms with E-state index in [1.165, 1.54) is 0 Å². The molecule has 24 heavy (non-hydrogen) atoms. The van der Waals surface area contributed by atoms with Gasteiger partial charge in [-0.25, -0.2) is 0 Å². The van der Waals surface area contributed by atoms with Gasteiger partial charge in [0.15, 0.2) is 5.82 Å². The largest absolute Gasteiger partial charge is 0.496 e. The minimum Gasteiger partial charge on any atom is -0.496 e. The molecule has 0 unspecified atom stereocenters. The van der Waals surface area contributed by atoms with Crippen molar-refractivity contribution >= 4 is 5.91 Å². The van der Waals surface area contributed by atoms with Gasteiger partial charge in [-0.15, -0.1) is 0 Å². The molecule has 1 heterocycles. The zero-order chi connectivity index (χ0) is 17.5. The van der Waals surface area contributed by atoms with Crippen molar-refractivity contribution < 1.29 is 14.1 Å². The summed E-state index contributed by atoms with van der Waals surface area (Å²) in [5.41, 5.74) is 0.941. The lowest BCUT2D eigenvalue weighted by Crippen LogP contribution is -2.34. The molecule has 7 heteroatoms. The fraction of sp³-hybridized carbons (Fsp3) is 0.471. The second-order valence-electron chi connectivity index (χ2n) is 5.96. The second kappa shape index (κ2) is 8.44. The molecule has 1 aromatic heterocycles. The van der Waals surface area contributed by atoms with Gasteiger partial charge in [0.1, 0.15) is 5.75 Å². The van der Waals surface area contributed by atoms with Crippen LogP contribution in [-0.4, -0.2) is 41.6 Å². The molecule has 2 aromatic rings. The normalized spacial score (nSPS) is 11.1. The quantitative estimate of drug-likeness (QED) is 0.796. The van der Waals surface area contributed by atoms with Crippen molar-refractivity contribution in [1.29, 1.82) is 0 Å². The van der Waals surface area contributed by atoms with Crippen molar-refractivity contribution in [3.63, 3.8) is 0 Å². The summed E-state index contributed by atoms with van der Waals surface area (Å²) >= 11 is 0. The van der Waals surface area contributed by atoms with E-state index in [-0.39, 0.29) is 18.4 Å². The van der Waals surface area contributed by atoms with Gasteiger partial charge in [0.2, 0.25) is 11.8 Å². The van der Waals surface area contributed by atoms with E-state index in [9.17, 15) is 4.79 Å². The first-order valence-corrected chi connectivity index (χ1v) is 7.89. The Kier molecular flexibility index (Phi) is 6.31. The highest BCUT2D eigenvalue weighted by Gasteiger charge is 2.13. The van der Waals surface area contributed by atoms with Crippen molar-refractivity contribution in [3.8, 4) is 5.75 Å². The zero-order valence-corrected chi connectivity index (χ0v) is 14.6. The number of nitrogens with one attached hydrogen (secondary N) is 1. The number of carbonyl (C=O) groups is 1. The molecular weight excluding hydrogens is 308 g/mol. The van der Waals surface area contributed by atoms with E-state index in [0.29, 0.717) is 24.8 Å². The molecule has 0 aliphatic carbocycles. The summed E-state index contributed by atoms with van der Waals surface area (Å²) in [7, 11) is 3.46. The topological polar surface area (TPSA) is 80.5 Å². The fourth-order valence-electron chi connectivity index (χ4n) is 2.21. The lowest BCUT2D eigenvalue weighted by molar-refractivity contribution is -0.122. The zero-order valence-electron chi connectivity index (χ0n) is 14.6. The molecule has 0 radical (unpaired) electrons. The Balaban J connectivity index is 1.80. The van der Waals surface area contributed by atoms with Crippen LogP contribution in [0.5, 0.6) is 5.75 Å². The summed E-state index contributed by atoms with van der Waals surface area (Å²) in [4.78, 5) is 18.2. The average Bonchev–Trinajstić information content (AvgIpc) is 3.01. The number of hydrogen-bond donors (Lipinski definition) is 1. The lowest BCUT2D eigenvalue weighted by atomic mass is 10.2. The number of carbonyl (C=O) groups excluding carboxylic acids is 1. The van der Waals surface area contributed by atoms with Crippen LogP contribution in [0, 0.1) is 0 Å². The molecule has 0 fully saturated rings. The van der Waals surface area contributed by atoms with Gasteiger partial charge in [0.25, 0.3) is 0 Å². The van der Waals surface area contributed by atoms with E-state index < -0.39 is 0 Å². The van der Waals surface area contributed by atoms with Crippen molar-refractivity contribution in [3.05, 3.63) is 41.5 Å². The van der Waals surface area contributed by atoms with E-state index in [4.69, 9.17) is 9.26 Å². The molecule has 7 nitrogen and oxygen atoms in total. The van der Waals surface area contributed by atoms with Crippen LogP contribution >= 0.6 is 0 Å². The molecular formula is C17H24N4O3. The minimum atomic E-state index is -0.0732. The second-order valence-corrected chi connectivity index (χ2v) is 5.96. The van der Waals surface area contributed by atoms with Gasteiger partial charge in [-0.1, -0.05) is 37.2 Å². The lowest BCUT2D eigenvalue weighted by Gasteiger charge is -2.15. The van der Waals surface area contributed by atoms with Gasteiger partial charge < -0.3 is 14.6 Å². The molecule has 0 saturated heterocycles. The number of nitrogens with zero attached hydrogens (tertiary/aromatic N) is 3. The number of para-hydroxylation sites is 1. The summed E-state index contributed by atoms with van der Waals surface area (Å²) < 4.78 is 10.4. The van der Waals surface area contributed by atoms with Gasteiger partial charge in [0, 0.05) is 18.0 Å². The van der Waals surface area contributed by atoms with Crippen LogP contribution in [0.4, 0.5) is 0 Å². The summed E-state index contributed by atoms with van der Waals surface area (Å²) in [6.07, 6.45) is 0. The van der Waals surface area contributed by atoms with E-state index in [0.717, 1.165) is 11.3 Å². The highest BCUT2D eigenvalue weighted by atomic mass is 16.5. The Morgan fingerprint density at radius 3 is 2.79 bits per heavy atom. The van der Waals surface area contributed by atoms with Gasteiger partial charge >= 0.3 is 0 Å². The summed E-state index contributed by atoms with van der Waals surface area (Å²) in [6, 6.07) is 7.61. The van der Waals surface area contributed by atoms with Crippen LogP contribution in [0.3, 0.4) is 0 Å². The molecule has 0 aliphatic heterocycles. The maximum absolute atomic E-state index is 12.1. The van der Waals surface area contributed by atoms with Crippen molar-refractivity contribution in [2.75, 3.05) is 20.7 Å². The number of amides is 1. The number of benzene rings is 1. The highest BCUT2D eigenvalue weighted by Crippen LogP contribution is 2.16. The third-order valence-electron chi connectivity index (χ3n) is 3.47. The van der Waals surface area contributed by atoms with Crippen LogP contribution < -0.4 is 10.1 Å². The maximum atomic E-state index is 12.1. The van der Waals surface area contributed by atoms with E-state index in [1.807, 2.05) is 50.1 Å². The molecule has 0 bridgehead atoms. The number of ether oxygens (including phenoxy) is 1. The predicted octanol–water partition coefficient (Wildman–Crippen LogP) is 1.95. The third-order valence-corrected chi connectivity index (χ3v) is 3.47. The van der Waals surface area contributed by atoms with E-state index in [1.54, 1.807) is 7.11 Å². The molecule has 1 aromatic carbocycles. The average molecular weight is 332 g/mol. The van der Waals surface area contributed by atoms with Crippen molar-refractivity contribution in [2.24, 2.45) is 0 Å². The monoisotopic (exact) mass is 332 g/mol. The molecule has 130 valence electrons. The Morgan fingerprint density at radius 1 is 1.38 bits per heavy atom. The summed E-state index contributed by atoms with van der Waals surface area (Å²) in [5.74, 6) is 2.08. The third kappa shape index (κ3) is 5.06. The first-order valence-electron chi connectivity index (χ1n) is 7.89. The molecule has 0 saturated carbocycles. The maximum Gasteiger partial charge on any atom is 0.234 e. The summed E-state index contributed by atoms with van der Waals surface area (Å²) in [6.45, 7) is 5.12. The van der Waals surface area contributed by atoms with E-state index in [2.05, 4.69) is 15.5 Å². The number of rotatable bonds is 8. The van der Waals surface area contributed by atoms with Crippen molar-refractivity contribution in [2.45, 2.75) is 32.9 Å². The Morgan fingerprint density at radius 2 is 2.12 bits per heavy atom. The van der Waals surface area contributed by atoms with Gasteiger partial charge in [-0.05, 0) is 13.1 Å². The summed E-state index contributed by atoms with van der Waals surface area (Å²) in [5, 5.41) is 6.81. The standard InChI is InChI=1S/C17H24N4O3/c1-12(2)17-19-15(20-24-17)10-21(3)11-16(22)18-9-13-7-5-6-8-14(13)23-4/h5-8,12H,9-11H2,1-4H3,(H,18,22). The molecule has 1 amide bonds. The first-order chi connectivity index (χ1) is 11.5. The highest BCUT2D eigenvalue weighted by molar-refractivity contribution is 5.78. The van der Waals surface area contributed by atoms with Crippen LogP contribution in [0.15, 0.2) is 28.8 Å². The van der Waals surface area contributed by atoms with Crippen LogP contribution in [-0.2, 0) is 17.9 Å². The van der Waals surface area contributed by atoms with Gasteiger partial charge in [-0.3, -0.25) is 9.69 Å².